The van der Waals surface area contributed by atoms with Crippen molar-refractivity contribution < 1.29 is 23.1 Å². The molecule has 0 radical (unpaired) electrons. The molecule has 2 N–H and O–H groups in total. The van der Waals surface area contributed by atoms with Crippen LogP contribution in [0.25, 0.3) is 10.9 Å². The van der Waals surface area contributed by atoms with Crippen LogP contribution in [0.3, 0.4) is 0 Å². The van der Waals surface area contributed by atoms with Crippen LogP contribution in [0.1, 0.15) is 12.8 Å². The molecular weight excluding hydrogens is 358 g/mol. The van der Waals surface area contributed by atoms with E-state index in [1.165, 1.54) is 4.31 Å². The molecular formula is C17H21N3O5S. The lowest BCUT2D eigenvalue weighted by Gasteiger charge is -2.29. The third-order valence-corrected chi connectivity index (χ3v) is 5.89. The van der Waals surface area contributed by atoms with E-state index in [0.717, 1.165) is 10.9 Å². The summed E-state index contributed by atoms with van der Waals surface area (Å²) in [4.78, 5) is 15.4. The maximum Gasteiger partial charge on any atom is 0.307 e. The molecule has 0 unspecified atom stereocenters. The van der Waals surface area contributed by atoms with Crippen molar-refractivity contribution in [2.75, 3.05) is 26.2 Å². The van der Waals surface area contributed by atoms with Gasteiger partial charge in [0.25, 0.3) is 10.2 Å². The molecule has 26 heavy (non-hydrogen) atoms. The minimum absolute atomic E-state index is 0.00122. The molecule has 0 spiro atoms. The average molecular weight is 379 g/mol. The highest BCUT2D eigenvalue weighted by molar-refractivity contribution is 7.87. The van der Waals surface area contributed by atoms with Gasteiger partial charge in [0.2, 0.25) is 0 Å². The van der Waals surface area contributed by atoms with E-state index in [1.54, 1.807) is 12.3 Å². The van der Waals surface area contributed by atoms with E-state index in [0.29, 0.717) is 25.1 Å². The van der Waals surface area contributed by atoms with E-state index in [1.807, 2.05) is 24.3 Å². The predicted octanol–water partition coefficient (Wildman–Crippen LogP) is 1.24. The van der Waals surface area contributed by atoms with Gasteiger partial charge in [0.1, 0.15) is 17.9 Å². The fourth-order valence-corrected chi connectivity index (χ4v) is 4.25. The number of ether oxygens (including phenoxy) is 1. The number of fused-ring (bicyclic) bond motifs is 1. The number of nitrogens with zero attached hydrogens (tertiary/aromatic N) is 2. The number of para-hydroxylation sites is 1. The number of carbonyl (C=O) groups is 1. The summed E-state index contributed by atoms with van der Waals surface area (Å²) in [6.07, 6.45) is 2.71. The van der Waals surface area contributed by atoms with Crippen LogP contribution >= 0.6 is 0 Å². The number of benzene rings is 1. The van der Waals surface area contributed by atoms with E-state index in [9.17, 15) is 13.2 Å². The Hall–Kier alpha value is -2.23. The molecule has 0 amide bonds. The van der Waals surface area contributed by atoms with Crippen LogP contribution in [-0.2, 0) is 15.0 Å². The number of carboxylic acid groups (broad SMARTS) is 1. The van der Waals surface area contributed by atoms with Gasteiger partial charge < -0.3 is 9.84 Å². The van der Waals surface area contributed by atoms with Gasteiger partial charge in [-0.05, 0) is 25.0 Å². The lowest BCUT2D eigenvalue weighted by atomic mass is 10.0. The Morgan fingerprint density at radius 2 is 2.15 bits per heavy atom. The maximum atomic E-state index is 12.3. The molecule has 1 fully saturated rings. The molecule has 1 aliphatic heterocycles. The van der Waals surface area contributed by atoms with Gasteiger partial charge in [0.15, 0.2) is 0 Å². The minimum Gasteiger partial charge on any atom is -0.490 e. The molecule has 0 saturated carbocycles. The summed E-state index contributed by atoms with van der Waals surface area (Å²) < 4.78 is 34.0. The van der Waals surface area contributed by atoms with Gasteiger partial charge >= 0.3 is 5.97 Å². The quantitative estimate of drug-likeness (QED) is 0.701. The summed E-state index contributed by atoms with van der Waals surface area (Å²) in [7, 11) is -3.72. The first-order valence-electron chi connectivity index (χ1n) is 8.41. The number of hydrogen-bond donors (Lipinski definition) is 2. The third kappa shape index (κ3) is 4.29. The number of nitrogens with one attached hydrogen (secondary N) is 1. The van der Waals surface area contributed by atoms with E-state index in [4.69, 9.17) is 9.84 Å². The van der Waals surface area contributed by atoms with Crippen molar-refractivity contribution in [1.29, 1.82) is 0 Å². The number of aliphatic carboxylic acids is 1. The summed E-state index contributed by atoms with van der Waals surface area (Å²) in [5, 5.41) is 10.0. The Bertz CT molecular complexity index is 882. The van der Waals surface area contributed by atoms with Crippen LogP contribution in [-0.4, -0.2) is 55.0 Å². The molecule has 3 rings (SSSR count). The average Bonchev–Trinajstić information content (AvgIpc) is 2.65. The van der Waals surface area contributed by atoms with Gasteiger partial charge in [-0.3, -0.25) is 9.78 Å². The molecule has 2 aromatic rings. The van der Waals surface area contributed by atoms with Gasteiger partial charge in [-0.1, -0.05) is 18.2 Å². The molecule has 0 aliphatic carbocycles. The van der Waals surface area contributed by atoms with Crippen molar-refractivity contribution in [1.82, 2.24) is 14.0 Å². The lowest BCUT2D eigenvalue weighted by molar-refractivity contribution is -0.142. The topological polar surface area (TPSA) is 109 Å². The lowest BCUT2D eigenvalue weighted by Crippen LogP contribution is -2.48. The Balaban J connectivity index is 1.54. The zero-order valence-corrected chi connectivity index (χ0v) is 15.0. The summed E-state index contributed by atoms with van der Waals surface area (Å²) in [6, 6.07) is 9.32. The molecule has 1 aliphatic rings. The first-order valence-corrected chi connectivity index (χ1v) is 9.85. The van der Waals surface area contributed by atoms with Crippen molar-refractivity contribution in [2.24, 2.45) is 5.92 Å². The van der Waals surface area contributed by atoms with Crippen LogP contribution in [0.2, 0.25) is 0 Å². The fraction of sp³-hybridized carbons (Fsp3) is 0.412. The molecule has 9 heteroatoms. The van der Waals surface area contributed by atoms with E-state index >= 15 is 0 Å². The Labute approximate surface area is 152 Å². The smallest absolute Gasteiger partial charge is 0.307 e. The van der Waals surface area contributed by atoms with Gasteiger partial charge in [0.05, 0.1) is 5.92 Å². The minimum atomic E-state index is -3.72. The monoisotopic (exact) mass is 379 g/mol. The fourth-order valence-electron chi connectivity index (χ4n) is 2.98. The van der Waals surface area contributed by atoms with Crippen LogP contribution in [0, 0.1) is 5.92 Å². The zero-order chi connectivity index (χ0) is 18.6. The number of pyridine rings is 1. The largest absolute Gasteiger partial charge is 0.490 e. The second-order valence-electron chi connectivity index (χ2n) is 6.11. The van der Waals surface area contributed by atoms with Crippen LogP contribution in [0.5, 0.6) is 5.75 Å². The molecule has 1 aromatic carbocycles. The van der Waals surface area contributed by atoms with E-state index in [2.05, 4.69) is 9.71 Å². The van der Waals surface area contributed by atoms with Crippen LogP contribution < -0.4 is 9.46 Å². The number of aromatic nitrogens is 1. The highest BCUT2D eigenvalue weighted by Crippen LogP contribution is 2.23. The van der Waals surface area contributed by atoms with E-state index < -0.39 is 22.1 Å². The molecule has 1 atom stereocenters. The zero-order valence-electron chi connectivity index (χ0n) is 14.2. The number of carboxylic acids is 1. The van der Waals surface area contributed by atoms with Crippen molar-refractivity contribution in [3.8, 4) is 5.75 Å². The summed E-state index contributed by atoms with van der Waals surface area (Å²) in [6.45, 7) is 0.552. The van der Waals surface area contributed by atoms with E-state index in [-0.39, 0.29) is 19.7 Å². The molecule has 8 nitrogen and oxygen atoms in total. The number of rotatable bonds is 7. The van der Waals surface area contributed by atoms with Crippen LogP contribution in [0.15, 0.2) is 36.5 Å². The van der Waals surface area contributed by atoms with Gasteiger partial charge in [-0.15, -0.1) is 0 Å². The molecule has 0 bridgehead atoms. The summed E-state index contributed by atoms with van der Waals surface area (Å²) >= 11 is 0. The summed E-state index contributed by atoms with van der Waals surface area (Å²) in [5.41, 5.74) is 0.721. The van der Waals surface area contributed by atoms with Gasteiger partial charge in [-0.2, -0.15) is 17.4 Å². The van der Waals surface area contributed by atoms with Crippen molar-refractivity contribution in [3.63, 3.8) is 0 Å². The number of hydrogen-bond acceptors (Lipinski definition) is 5. The van der Waals surface area contributed by atoms with Gasteiger partial charge in [0, 0.05) is 31.2 Å². The first kappa shape index (κ1) is 18.6. The standard InChI is InChI=1S/C17H21N3O5S/c21-17(22)14-6-3-10-20(12-14)26(23,24)19-9-11-25-15-7-1-4-13-5-2-8-18-16(13)15/h1-2,4-5,7-8,14,19H,3,6,9-12H2,(H,21,22)/t14-/m1/s1. The molecule has 1 saturated heterocycles. The SMILES string of the molecule is O=C(O)[C@@H]1CCCN(S(=O)(=O)NCCOc2cccc3cccnc23)C1. The second-order valence-corrected chi connectivity index (χ2v) is 7.87. The number of piperidine rings is 1. The highest BCUT2D eigenvalue weighted by Gasteiger charge is 2.31. The molecule has 1 aromatic heterocycles. The predicted molar refractivity (Wildman–Crippen MR) is 96.1 cm³/mol. The maximum absolute atomic E-state index is 12.3. The normalized spacial score (nSPS) is 18.7. The Morgan fingerprint density at radius 1 is 1.35 bits per heavy atom. The van der Waals surface area contributed by atoms with Crippen LogP contribution in [0.4, 0.5) is 0 Å². The highest BCUT2D eigenvalue weighted by atomic mass is 32.2. The molecule has 2 heterocycles. The molecule has 140 valence electrons. The van der Waals surface area contributed by atoms with Crippen molar-refractivity contribution in [2.45, 2.75) is 12.8 Å². The Morgan fingerprint density at radius 3 is 2.96 bits per heavy atom. The van der Waals surface area contributed by atoms with Crippen molar-refractivity contribution >= 4 is 27.1 Å². The third-order valence-electron chi connectivity index (χ3n) is 4.31. The first-order chi connectivity index (χ1) is 12.5. The van der Waals surface area contributed by atoms with Crippen molar-refractivity contribution in [3.05, 3.63) is 36.5 Å². The van der Waals surface area contributed by atoms with Gasteiger partial charge in [-0.25, -0.2) is 0 Å². The second kappa shape index (κ2) is 7.98. The summed E-state index contributed by atoms with van der Waals surface area (Å²) in [5.74, 6) is -1.03. The Kier molecular flexibility index (Phi) is 5.70.